The third-order valence-electron chi connectivity index (χ3n) is 5.47. The van der Waals surface area contributed by atoms with Crippen LogP contribution in [0.5, 0.6) is 0 Å². The Bertz CT molecular complexity index is 1110. The number of carbonyl (C=O) groups is 1. The maximum atomic E-state index is 12.9. The van der Waals surface area contributed by atoms with E-state index in [1.165, 1.54) is 0 Å². The molecule has 0 aliphatic carbocycles. The minimum absolute atomic E-state index is 0. The highest BCUT2D eigenvalue weighted by atomic mass is 127. The molecule has 182 valence electrons. The van der Waals surface area contributed by atoms with E-state index in [4.69, 9.17) is 4.74 Å². The SMILES string of the molecule is CCNC(=NCc1ccc(C(=O)N2CC(C)OC(C)C2)cc1)NCc1nnc2ccccn12.I. The second kappa shape index (κ2) is 12.1. The topological polar surface area (TPSA) is 96.2 Å². The molecule has 2 aromatic heterocycles. The van der Waals surface area contributed by atoms with Crippen molar-refractivity contribution in [3.63, 3.8) is 0 Å². The molecule has 10 heteroatoms. The normalized spacial score (nSPS) is 18.4. The van der Waals surface area contributed by atoms with Gasteiger partial charge in [0.1, 0.15) is 0 Å². The second-order valence-corrected chi connectivity index (χ2v) is 8.26. The van der Waals surface area contributed by atoms with E-state index < -0.39 is 0 Å². The third kappa shape index (κ3) is 6.44. The van der Waals surface area contributed by atoms with Gasteiger partial charge in [0.2, 0.25) is 0 Å². The van der Waals surface area contributed by atoms with Gasteiger partial charge in [-0.1, -0.05) is 18.2 Å². The number of nitrogens with zero attached hydrogens (tertiary/aromatic N) is 5. The molecular formula is C24H32IN7O2. The summed E-state index contributed by atoms with van der Waals surface area (Å²) in [4.78, 5) is 19.4. The van der Waals surface area contributed by atoms with Crippen LogP contribution in [0.1, 0.15) is 42.5 Å². The zero-order valence-electron chi connectivity index (χ0n) is 19.8. The summed E-state index contributed by atoms with van der Waals surface area (Å²) in [7, 11) is 0. The van der Waals surface area contributed by atoms with Crippen molar-refractivity contribution in [1.82, 2.24) is 30.1 Å². The number of carbonyl (C=O) groups excluding carboxylic acids is 1. The van der Waals surface area contributed by atoms with Crippen molar-refractivity contribution in [3.8, 4) is 0 Å². The molecule has 0 radical (unpaired) electrons. The zero-order chi connectivity index (χ0) is 23.2. The number of morpholine rings is 1. The Kier molecular flexibility index (Phi) is 9.22. The lowest BCUT2D eigenvalue weighted by molar-refractivity contribution is -0.0586. The fraction of sp³-hybridized carbons (Fsp3) is 0.417. The van der Waals surface area contributed by atoms with Crippen molar-refractivity contribution in [3.05, 3.63) is 65.6 Å². The Morgan fingerprint density at radius 3 is 2.53 bits per heavy atom. The van der Waals surface area contributed by atoms with Crippen LogP contribution in [0.15, 0.2) is 53.7 Å². The number of pyridine rings is 1. The maximum Gasteiger partial charge on any atom is 0.254 e. The second-order valence-electron chi connectivity index (χ2n) is 8.26. The summed E-state index contributed by atoms with van der Waals surface area (Å²) in [6, 6.07) is 13.5. The predicted octanol–water partition coefficient (Wildman–Crippen LogP) is 2.85. The van der Waals surface area contributed by atoms with Crippen molar-refractivity contribution < 1.29 is 9.53 Å². The predicted molar refractivity (Wildman–Crippen MR) is 142 cm³/mol. The summed E-state index contributed by atoms with van der Waals surface area (Å²) in [5.74, 6) is 1.55. The number of fused-ring (bicyclic) bond motifs is 1. The fourth-order valence-electron chi connectivity index (χ4n) is 3.97. The van der Waals surface area contributed by atoms with Crippen LogP contribution in [-0.2, 0) is 17.8 Å². The number of aliphatic imine (C=N–C) groups is 1. The van der Waals surface area contributed by atoms with Gasteiger partial charge < -0.3 is 20.3 Å². The molecule has 34 heavy (non-hydrogen) atoms. The highest BCUT2D eigenvalue weighted by Gasteiger charge is 2.26. The van der Waals surface area contributed by atoms with Gasteiger partial charge in [-0.15, -0.1) is 34.2 Å². The first-order valence-electron chi connectivity index (χ1n) is 11.4. The summed E-state index contributed by atoms with van der Waals surface area (Å²) in [6.07, 6.45) is 2.05. The number of hydrogen-bond donors (Lipinski definition) is 2. The number of halogens is 1. The van der Waals surface area contributed by atoms with Gasteiger partial charge in [0.25, 0.3) is 5.91 Å². The lowest BCUT2D eigenvalue weighted by Gasteiger charge is -2.35. The van der Waals surface area contributed by atoms with Crippen LogP contribution in [0, 0.1) is 0 Å². The Labute approximate surface area is 217 Å². The first-order chi connectivity index (χ1) is 16.0. The number of nitrogens with one attached hydrogen (secondary N) is 2. The van der Waals surface area contributed by atoms with Gasteiger partial charge in [-0.25, -0.2) is 4.99 Å². The molecule has 0 bridgehead atoms. The van der Waals surface area contributed by atoms with Gasteiger partial charge in [-0.3, -0.25) is 9.20 Å². The molecule has 1 aliphatic rings. The molecule has 2 unspecified atom stereocenters. The van der Waals surface area contributed by atoms with E-state index in [9.17, 15) is 4.79 Å². The van der Waals surface area contributed by atoms with Crippen LogP contribution < -0.4 is 10.6 Å². The molecule has 1 amide bonds. The van der Waals surface area contributed by atoms with Crippen molar-refractivity contribution in [2.75, 3.05) is 19.6 Å². The number of amides is 1. The van der Waals surface area contributed by atoms with Crippen LogP contribution in [0.25, 0.3) is 5.65 Å². The zero-order valence-corrected chi connectivity index (χ0v) is 22.1. The largest absolute Gasteiger partial charge is 0.372 e. The summed E-state index contributed by atoms with van der Waals surface area (Å²) in [5.41, 5.74) is 2.53. The first kappa shape index (κ1) is 25.9. The standard InChI is InChI=1S/C24H31N7O2.HI/c1-4-25-24(27-14-22-29-28-21-7-5-6-12-31(21)22)26-13-19-8-10-20(11-9-19)23(32)30-15-17(2)33-18(3)16-30;/h5-12,17-18H,4,13-16H2,1-3H3,(H2,25,26,27);1H. The van der Waals surface area contributed by atoms with Crippen LogP contribution in [0.3, 0.4) is 0 Å². The average molecular weight is 577 g/mol. The quantitative estimate of drug-likeness (QED) is 0.266. The Hall–Kier alpha value is -2.73. The van der Waals surface area contributed by atoms with E-state index in [2.05, 4.69) is 25.8 Å². The van der Waals surface area contributed by atoms with Crippen LogP contribution in [-0.4, -0.2) is 63.2 Å². The molecular weight excluding hydrogens is 545 g/mol. The van der Waals surface area contributed by atoms with E-state index in [0.717, 1.165) is 23.6 Å². The number of hydrogen-bond acceptors (Lipinski definition) is 5. The van der Waals surface area contributed by atoms with Gasteiger partial charge in [-0.2, -0.15) is 0 Å². The van der Waals surface area contributed by atoms with E-state index in [1.807, 2.05) is 78.7 Å². The first-order valence-corrected chi connectivity index (χ1v) is 11.4. The highest BCUT2D eigenvalue weighted by Crippen LogP contribution is 2.15. The van der Waals surface area contributed by atoms with Gasteiger partial charge in [-0.05, 0) is 50.6 Å². The lowest BCUT2D eigenvalue weighted by Crippen LogP contribution is -2.48. The van der Waals surface area contributed by atoms with Crippen molar-refractivity contribution in [2.45, 2.75) is 46.1 Å². The summed E-state index contributed by atoms with van der Waals surface area (Å²) >= 11 is 0. The van der Waals surface area contributed by atoms with E-state index >= 15 is 0 Å². The van der Waals surface area contributed by atoms with Crippen molar-refractivity contribution >= 4 is 41.5 Å². The molecule has 3 heterocycles. The molecule has 0 saturated carbocycles. The molecule has 1 aromatic carbocycles. The number of ether oxygens (including phenoxy) is 1. The lowest BCUT2D eigenvalue weighted by atomic mass is 10.1. The number of rotatable bonds is 6. The highest BCUT2D eigenvalue weighted by molar-refractivity contribution is 14.0. The summed E-state index contributed by atoms with van der Waals surface area (Å²) < 4.78 is 7.68. The monoisotopic (exact) mass is 577 g/mol. The van der Waals surface area contributed by atoms with Crippen molar-refractivity contribution in [1.29, 1.82) is 0 Å². The smallest absolute Gasteiger partial charge is 0.254 e. The number of benzene rings is 1. The minimum Gasteiger partial charge on any atom is -0.372 e. The Morgan fingerprint density at radius 2 is 1.82 bits per heavy atom. The Morgan fingerprint density at radius 1 is 1.09 bits per heavy atom. The molecule has 2 N–H and O–H groups in total. The molecule has 4 rings (SSSR count). The Balaban J connectivity index is 0.00000324. The molecule has 1 fully saturated rings. The molecule has 1 aliphatic heterocycles. The van der Waals surface area contributed by atoms with Crippen LogP contribution in [0.4, 0.5) is 0 Å². The molecule has 2 atom stereocenters. The summed E-state index contributed by atoms with van der Waals surface area (Å²) in [6.45, 7) is 9.00. The van der Waals surface area contributed by atoms with E-state index in [0.29, 0.717) is 37.7 Å². The number of guanidine groups is 1. The van der Waals surface area contributed by atoms with Crippen LogP contribution in [0.2, 0.25) is 0 Å². The van der Waals surface area contributed by atoms with Gasteiger partial charge in [0, 0.05) is 31.4 Å². The van der Waals surface area contributed by atoms with E-state index in [-0.39, 0.29) is 42.1 Å². The van der Waals surface area contributed by atoms with Gasteiger partial charge >= 0.3 is 0 Å². The molecule has 1 saturated heterocycles. The van der Waals surface area contributed by atoms with Crippen LogP contribution >= 0.6 is 24.0 Å². The van der Waals surface area contributed by atoms with Gasteiger partial charge in [0.05, 0.1) is 25.3 Å². The fourth-order valence-corrected chi connectivity index (χ4v) is 3.97. The van der Waals surface area contributed by atoms with Gasteiger partial charge in [0.15, 0.2) is 17.4 Å². The number of aromatic nitrogens is 3. The molecule has 3 aromatic rings. The molecule has 9 nitrogen and oxygen atoms in total. The average Bonchev–Trinajstić information content (AvgIpc) is 3.23. The van der Waals surface area contributed by atoms with E-state index in [1.54, 1.807) is 0 Å². The van der Waals surface area contributed by atoms with Crippen molar-refractivity contribution in [2.24, 2.45) is 4.99 Å². The third-order valence-corrected chi connectivity index (χ3v) is 5.47. The minimum atomic E-state index is 0. The summed E-state index contributed by atoms with van der Waals surface area (Å²) in [5, 5.41) is 15.0. The maximum absolute atomic E-state index is 12.9. The molecule has 0 spiro atoms.